The molecule has 0 amide bonds. The molecule has 1 fully saturated rings. The Labute approximate surface area is 105 Å². The lowest BCUT2D eigenvalue weighted by Crippen LogP contribution is -2.44. The van der Waals surface area contributed by atoms with Crippen LogP contribution in [0.15, 0.2) is 18.2 Å². The van der Waals surface area contributed by atoms with Gasteiger partial charge in [-0.2, -0.15) is 0 Å². The van der Waals surface area contributed by atoms with E-state index in [1.807, 2.05) is 12.1 Å². The van der Waals surface area contributed by atoms with Crippen LogP contribution in [-0.2, 0) is 11.3 Å². The number of hydrogen-bond donors (Lipinski definition) is 2. The van der Waals surface area contributed by atoms with Crippen LogP contribution < -0.4 is 10.2 Å². The molecule has 1 heterocycles. The van der Waals surface area contributed by atoms with Gasteiger partial charge in [-0.05, 0) is 17.7 Å². The third-order valence-corrected chi connectivity index (χ3v) is 3.05. The summed E-state index contributed by atoms with van der Waals surface area (Å²) in [7, 11) is 0. The van der Waals surface area contributed by atoms with Crippen LogP contribution in [0.25, 0.3) is 0 Å². The van der Waals surface area contributed by atoms with Crippen LogP contribution in [0.5, 0.6) is 5.75 Å². The van der Waals surface area contributed by atoms with Gasteiger partial charge in [0.25, 0.3) is 0 Å². The predicted molar refractivity (Wildman–Crippen MR) is 64.5 cm³/mol. The van der Waals surface area contributed by atoms with Crippen LogP contribution in [0, 0.1) is 5.41 Å². The van der Waals surface area contributed by atoms with Gasteiger partial charge in [-0.1, -0.05) is 24.6 Å². The zero-order valence-electron chi connectivity index (χ0n) is 9.70. The van der Waals surface area contributed by atoms with E-state index < -0.39 is 0 Å². The van der Waals surface area contributed by atoms with Crippen molar-refractivity contribution < 1.29 is 14.7 Å². The molecule has 0 radical (unpaired) electrons. The molecule has 0 unspecified atom stereocenters. The predicted octanol–water partition coefficient (Wildman–Crippen LogP) is 2.23. The van der Waals surface area contributed by atoms with Gasteiger partial charge in [-0.25, -0.2) is 5.48 Å². The first kappa shape index (κ1) is 12.6. The maximum Gasteiger partial charge on any atom is 0.137 e. The van der Waals surface area contributed by atoms with Crippen molar-refractivity contribution in [1.82, 2.24) is 5.48 Å². The first-order valence-corrected chi connectivity index (χ1v) is 5.87. The molecule has 0 saturated carbocycles. The zero-order chi connectivity index (χ0) is 12.3. The third-order valence-electron chi connectivity index (χ3n) is 2.76. The minimum atomic E-state index is 0.106. The molecule has 0 atom stereocenters. The van der Waals surface area contributed by atoms with Gasteiger partial charge in [0.05, 0.1) is 24.8 Å². The van der Waals surface area contributed by atoms with Crippen LogP contribution in [0.4, 0.5) is 0 Å². The first-order chi connectivity index (χ1) is 8.13. The van der Waals surface area contributed by atoms with E-state index in [0.29, 0.717) is 23.9 Å². The summed E-state index contributed by atoms with van der Waals surface area (Å²) in [6.07, 6.45) is 0. The van der Waals surface area contributed by atoms with E-state index in [1.54, 1.807) is 6.07 Å². The van der Waals surface area contributed by atoms with E-state index in [9.17, 15) is 0 Å². The first-order valence-electron chi connectivity index (χ1n) is 5.49. The van der Waals surface area contributed by atoms with Gasteiger partial charge in [0.15, 0.2) is 0 Å². The minimum Gasteiger partial charge on any atom is -0.491 e. The Morgan fingerprint density at radius 1 is 1.53 bits per heavy atom. The molecule has 0 spiro atoms. The number of rotatable bonds is 5. The Kier molecular flexibility index (Phi) is 3.89. The standard InChI is InChI=1S/C12H16ClNO3/c1-12(6-16-7-12)8-17-11-3-2-9(5-14-15)4-10(11)13/h2-4,14-15H,5-8H2,1H3. The van der Waals surface area contributed by atoms with E-state index in [2.05, 4.69) is 12.4 Å². The lowest BCUT2D eigenvalue weighted by atomic mass is 9.90. The summed E-state index contributed by atoms with van der Waals surface area (Å²) in [5.74, 6) is 0.668. The van der Waals surface area contributed by atoms with Crippen molar-refractivity contribution in [3.05, 3.63) is 28.8 Å². The number of nitrogens with one attached hydrogen (secondary N) is 1. The van der Waals surface area contributed by atoms with Crippen molar-refractivity contribution in [2.45, 2.75) is 13.5 Å². The van der Waals surface area contributed by atoms with Crippen molar-refractivity contribution >= 4 is 11.6 Å². The van der Waals surface area contributed by atoms with E-state index in [-0.39, 0.29) is 5.41 Å². The highest BCUT2D eigenvalue weighted by Gasteiger charge is 2.34. The summed E-state index contributed by atoms with van der Waals surface area (Å²) in [6, 6.07) is 5.46. The Morgan fingerprint density at radius 2 is 2.29 bits per heavy atom. The summed E-state index contributed by atoms with van der Waals surface area (Å²) in [4.78, 5) is 0. The summed E-state index contributed by atoms with van der Waals surface area (Å²) < 4.78 is 10.8. The largest absolute Gasteiger partial charge is 0.491 e. The molecule has 0 aromatic heterocycles. The van der Waals surface area contributed by atoms with Crippen LogP contribution in [0.2, 0.25) is 5.02 Å². The number of benzene rings is 1. The van der Waals surface area contributed by atoms with Gasteiger partial charge in [-0.3, -0.25) is 0 Å². The molecule has 1 saturated heterocycles. The molecule has 2 rings (SSSR count). The summed E-state index contributed by atoms with van der Waals surface area (Å²) in [6.45, 7) is 4.55. The van der Waals surface area contributed by atoms with Gasteiger partial charge < -0.3 is 14.7 Å². The highest BCUT2D eigenvalue weighted by atomic mass is 35.5. The fourth-order valence-corrected chi connectivity index (χ4v) is 1.91. The molecular formula is C12H16ClNO3. The fourth-order valence-electron chi connectivity index (χ4n) is 1.65. The van der Waals surface area contributed by atoms with Crippen LogP contribution >= 0.6 is 11.6 Å². The Hall–Kier alpha value is -0.810. The maximum absolute atomic E-state index is 8.59. The molecule has 1 aliphatic heterocycles. The van der Waals surface area contributed by atoms with Gasteiger partial charge >= 0.3 is 0 Å². The SMILES string of the molecule is CC1(COc2ccc(CNO)cc2Cl)COC1. The van der Waals surface area contributed by atoms with Crippen molar-refractivity contribution in [2.24, 2.45) is 5.41 Å². The Balaban J connectivity index is 1.96. The molecule has 94 valence electrons. The van der Waals surface area contributed by atoms with Gasteiger partial charge in [0.1, 0.15) is 5.75 Å². The average molecular weight is 258 g/mol. The van der Waals surface area contributed by atoms with Crippen LogP contribution in [-0.4, -0.2) is 25.0 Å². The molecule has 0 bridgehead atoms. The minimum absolute atomic E-state index is 0.106. The van der Waals surface area contributed by atoms with E-state index >= 15 is 0 Å². The summed E-state index contributed by atoms with van der Waals surface area (Å²) in [5.41, 5.74) is 3.10. The zero-order valence-corrected chi connectivity index (χ0v) is 10.5. The topological polar surface area (TPSA) is 50.7 Å². The molecule has 1 aliphatic rings. The maximum atomic E-state index is 8.59. The highest BCUT2D eigenvalue weighted by molar-refractivity contribution is 6.32. The molecule has 1 aromatic rings. The van der Waals surface area contributed by atoms with Crippen molar-refractivity contribution in [3.8, 4) is 5.75 Å². The second-order valence-electron chi connectivity index (χ2n) is 4.69. The summed E-state index contributed by atoms with van der Waals surface area (Å²) >= 11 is 6.09. The van der Waals surface area contributed by atoms with Gasteiger partial charge in [-0.15, -0.1) is 0 Å². The van der Waals surface area contributed by atoms with E-state index in [1.165, 1.54) is 0 Å². The Morgan fingerprint density at radius 3 is 2.82 bits per heavy atom. The Bertz CT molecular complexity index is 393. The molecule has 0 aliphatic carbocycles. The highest BCUT2D eigenvalue weighted by Crippen LogP contribution is 2.30. The van der Waals surface area contributed by atoms with Gasteiger partial charge in [0.2, 0.25) is 0 Å². The fraction of sp³-hybridized carbons (Fsp3) is 0.500. The average Bonchev–Trinajstić information content (AvgIpc) is 2.26. The lowest BCUT2D eigenvalue weighted by molar-refractivity contribution is -0.120. The molecule has 17 heavy (non-hydrogen) atoms. The molecule has 5 heteroatoms. The van der Waals surface area contributed by atoms with Gasteiger partial charge in [0, 0.05) is 12.0 Å². The van der Waals surface area contributed by atoms with Crippen molar-refractivity contribution in [1.29, 1.82) is 0 Å². The van der Waals surface area contributed by atoms with Crippen molar-refractivity contribution in [3.63, 3.8) is 0 Å². The summed E-state index contributed by atoms with van der Waals surface area (Å²) in [5, 5.41) is 9.15. The normalized spacial score (nSPS) is 17.6. The van der Waals surface area contributed by atoms with Crippen LogP contribution in [0.1, 0.15) is 12.5 Å². The monoisotopic (exact) mass is 257 g/mol. The number of hydrogen-bond acceptors (Lipinski definition) is 4. The second-order valence-corrected chi connectivity index (χ2v) is 5.10. The second kappa shape index (κ2) is 5.23. The third kappa shape index (κ3) is 3.10. The van der Waals surface area contributed by atoms with E-state index in [4.69, 9.17) is 26.3 Å². The molecule has 1 aromatic carbocycles. The molecule has 2 N–H and O–H groups in total. The smallest absolute Gasteiger partial charge is 0.137 e. The number of halogens is 1. The quantitative estimate of drug-likeness (QED) is 0.795. The number of ether oxygens (including phenoxy) is 2. The molecular weight excluding hydrogens is 242 g/mol. The van der Waals surface area contributed by atoms with E-state index in [0.717, 1.165) is 18.8 Å². The molecule has 4 nitrogen and oxygen atoms in total. The lowest BCUT2D eigenvalue weighted by Gasteiger charge is -2.37. The van der Waals surface area contributed by atoms with Crippen molar-refractivity contribution in [2.75, 3.05) is 19.8 Å². The van der Waals surface area contributed by atoms with Crippen LogP contribution in [0.3, 0.4) is 0 Å². The number of hydroxylamine groups is 1.